The highest BCUT2D eigenvalue weighted by molar-refractivity contribution is 7.80. The standard InChI is InChI=1S/C16H29N5O7S2/c1-7(2)12(21-13(24)8(4-22)18-11(23)3-17)15(26)19-9(5-29)14(25)20-10(6-30)16(27)28/h7-10,12,22,29-30H,3-6,17H2,1-2H3,(H,18,23)(H,19,26)(H,20,25)(H,21,24)(H,27,28)/t8-,9-,10-,12-/m0/s1. The first kappa shape index (κ1) is 28.0. The summed E-state index contributed by atoms with van der Waals surface area (Å²) in [5, 5.41) is 27.6. The van der Waals surface area contributed by atoms with E-state index in [4.69, 9.17) is 10.8 Å². The largest absolute Gasteiger partial charge is 0.480 e. The van der Waals surface area contributed by atoms with Crippen LogP contribution in [0.5, 0.6) is 0 Å². The van der Waals surface area contributed by atoms with E-state index in [0.29, 0.717) is 0 Å². The molecule has 0 heterocycles. The summed E-state index contributed by atoms with van der Waals surface area (Å²) < 4.78 is 0. The smallest absolute Gasteiger partial charge is 0.327 e. The molecule has 0 saturated heterocycles. The van der Waals surface area contributed by atoms with Crippen molar-refractivity contribution in [1.29, 1.82) is 0 Å². The van der Waals surface area contributed by atoms with E-state index in [1.807, 2.05) is 0 Å². The van der Waals surface area contributed by atoms with Gasteiger partial charge in [-0.3, -0.25) is 19.2 Å². The summed E-state index contributed by atoms with van der Waals surface area (Å²) in [5.74, 6) is -5.00. The molecule has 0 aliphatic carbocycles. The van der Waals surface area contributed by atoms with Crippen LogP contribution in [0.15, 0.2) is 0 Å². The average Bonchev–Trinajstić information content (AvgIpc) is 2.70. The number of hydrogen-bond donors (Lipinski definition) is 9. The summed E-state index contributed by atoms with van der Waals surface area (Å²) in [4.78, 5) is 59.6. The van der Waals surface area contributed by atoms with E-state index in [0.717, 1.165) is 0 Å². The number of rotatable bonds is 13. The fourth-order valence-electron chi connectivity index (χ4n) is 2.15. The van der Waals surface area contributed by atoms with E-state index in [1.54, 1.807) is 13.8 Å². The summed E-state index contributed by atoms with van der Waals surface area (Å²) in [6, 6.07) is -4.86. The molecule has 30 heavy (non-hydrogen) atoms. The Bertz CT molecular complexity index is 635. The number of aliphatic carboxylic acids is 1. The second kappa shape index (κ2) is 14.1. The Morgan fingerprint density at radius 2 is 1.33 bits per heavy atom. The Labute approximate surface area is 184 Å². The Balaban J connectivity index is 5.20. The molecule has 0 aromatic rings. The molecule has 14 heteroatoms. The normalized spacial score (nSPS) is 14.8. The average molecular weight is 468 g/mol. The lowest BCUT2D eigenvalue weighted by molar-refractivity contribution is -0.141. The number of nitrogens with one attached hydrogen (secondary N) is 4. The molecule has 0 bridgehead atoms. The third-order valence-electron chi connectivity index (χ3n) is 3.88. The van der Waals surface area contributed by atoms with Gasteiger partial charge >= 0.3 is 5.97 Å². The first-order chi connectivity index (χ1) is 14.0. The number of thiol groups is 2. The molecule has 0 radical (unpaired) electrons. The van der Waals surface area contributed by atoms with Crippen molar-refractivity contribution in [3.8, 4) is 0 Å². The molecule has 0 rings (SSSR count). The Hall–Kier alpha value is -2.03. The molecule has 0 saturated carbocycles. The van der Waals surface area contributed by atoms with Gasteiger partial charge in [-0.15, -0.1) is 0 Å². The highest BCUT2D eigenvalue weighted by atomic mass is 32.1. The third-order valence-corrected chi connectivity index (χ3v) is 4.61. The van der Waals surface area contributed by atoms with E-state index < -0.39 is 66.3 Å². The number of carboxylic acid groups (broad SMARTS) is 1. The summed E-state index contributed by atoms with van der Waals surface area (Å²) in [5.41, 5.74) is 5.16. The van der Waals surface area contributed by atoms with Crippen LogP contribution in [-0.2, 0) is 24.0 Å². The second-order valence-electron chi connectivity index (χ2n) is 6.56. The first-order valence-electron chi connectivity index (χ1n) is 8.98. The predicted octanol–water partition coefficient (Wildman–Crippen LogP) is -3.52. The monoisotopic (exact) mass is 467 g/mol. The SMILES string of the molecule is CC(C)[C@H](NC(=O)[C@H](CO)NC(=O)CN)C(=O)N[C@@H](CS)C(=O)N[C@@H](CS)C(=O)O. The third kappa shape index (κ3) is 9.19. The van der Waals surface area contributed by atoms with Crippen LogP contribution in [0.25, 0.3) is 0 Å². The van der Waals surface area contributed by atoms with Gasteiger partial charge in [0.15, 0.2) is 0 Å². The molecule has 4 atom stereocenters. The zero-order valence-electron chi connectivity index (χ0n) is 16.6. The molecule has 0 fully saturated rings. The highest BCUT2D eigenvalue weighted by Crippen LogP contribution is 2.04. The number of aliphatic hydroxyl groups is 1. The molecule has 0 aliphatic rings. The lowest BCUT2D eigenvalue weighted by Gasteiger charge is -2.26. The molecule has 0 aliphatic heterocycles. The maximum atomic E-state index is 12.6. The Morgan fingerprint density at radius 3 is 1.73 bits per heavy atom. The number of carbonyl (C=O) groups is 5. The quantitative estimate of drug-likeness (QED) is 0.124. The minimum atomic E-state index is -1.31. The maximum absolute atomic E-state index is 12.6. The molecule has 0 aromatic heterocycles. The molecular weight excluding hydrogens is 438 g/mol. The van der Waals surface area contributed by atoms with Gasteiger partial charge in [0, 0.05) is 11.5 Å². The summed E-state index contributed by atoms with van der Waals surface area (Å²) in [6.45, 7) is 2.16. The van der Waals surface area contributed by atoms with E-state index in [1.165, 1.54) is 0 Å². The first-order valence-corrected chi connectivity index (χ1v) is 10.2. The van der Waals surface area contributed by atoms with Gasteiger partial charge < -0.3 is 37.2 Å². The highest BCUT2D eigenvalue weighted by Gasteiger charge is 2.31. The van der Waals surface area contributed by atoms with Crippen molar-refractivity contribution in [3.63, 3.8) is 0 Å². The van der Waals surface area contributed by atoms with Gasteiger partial charge in [0.2, 0.25) is 23.6 Å². The van der Waals surface area contributed by atoms with Gasteiger partial charge in [-0.2, -0.15) is 25.3 Å². The molecule has 12 nitrogen and oxygen atoms in total. The summed E-state index contributed by atoms with van der Waals surface area (Å²) >= 11 is 7.84. The van der Waals surface area contributed by atoms with E-state index in [2.05, 4.69) is 46.5 Å². The van der Waals surface area contributed by atoms with Crippen LogP contribution in [0.3, 0.4) is 0 Å². The van der Waals surface area contributed by atoms with E-state index in [9.17, 15) is 29.1 Å². The van der Waals surface area contributed by atoms with Crippen molar-refractivity contribution in [2.75, 3.05) is 24.7 Å². The van der Waals surface area contributed by atoms with Crippen LogP contribution in [0.2, 0.25) is 0 Å². The Kier molecular flexibility index (Phi) is 13.1. The molecule has 172 valence electrons. The number of nitrogens with two attached hydrogens (primary N) is 1. The van der Waals surface area contributed by atoms with Crippen molar-refractivity contribution in [2.24, 2.45) is 11.7 Å². The molecule has 4 amide bonds. The zero-order chi connectivity index (χ0) is 23.4. The van der Waals surface area contributed by atoms with Crippen LogP contribution in [0.1, 0.15) is 13.8 Å². The van der Waals surface area contributed by atoms with Crippen LogP contribution < -0.4 is 27.0 Å². The van der Waals surface area contributed by atoms with Crippen molar-refractivity contribution in [2.45, 2.75) is 38.0 Å². The fourth-order valence-corrected chi connectivity index (χ4v) is 2.65. The minimum absolute atomic E-state index is 0.138. The van der Waals surface area contributed by atoms with E-state index >= 15 is 0 Å². The van der Waals surface area contributed by atoms with Crippen molar-refractivity contribution in [3.05, 3.63) is 0 Å². The second-order valence-corrected chi connectivity index (χ2v) is 7.29. The number of hydrogen-bond acceptors (Lipinski definition) is 9. The molecule has 0 aromatic carbocycles. The lowest BCUT2D eigenvalue weighted by atomic mass is 10.0. The number of aliphatic hydroxyl groups excluding tert-OH is 1. The summed E-state index contributed by atoms with van der Waals surface area (Å²) in [7, 11) is 0. The lowest BCUT2D eigenvalue weighted by Crippen LogP contribution is -2.60. The fraction of sp³-hybridized carbons (Fsp3) is 0.688. The zero-order valence-corrected chi connectivity index (χ0v) is 18.4. The maximum Gasteiger partial charge on any atom is 0.327 e. The van der Waals surface area contributed by atoms with Crippen molar-refractivity contribution >= 4 is 54.9 Å². The van der Waals surface area contributed by atoms with Crippen LogP contribution in [-0.4, -0.2) is 88.6 Å². The van der Waals surface area contributed by atoms with Crippen molar-refractivity contribution in [1.82, 2.24) is 21.3 Å². The van der Waals surface area contributed by atoms with Gasteiger partial charge in [-0.25, -0.2) is 4.79 Å². The van der Waals surface area contributed by atoms with Crippen LogP contribution >= 0.6 is 25.3 Å². The van der Waals surface area contributed by atoms with Gasteiger partial charge in [0.05, 0.1) is 13.2 Å². The molecular formula is C16H29N5O7S2. The number of carbonyl (C=O) groups excluding carboxylic acids is 4. The van der Waals surface area contributed by atoms with Gasteiger partial charge in [-0.05, 0) is 5.92 Å². The predicted molar refractivity (Wildman–Crippen MR) is 114 cm³/mol. The molecule has 8 N–H and O–H groups in total. The Morgan fingerprint density at radius 1 is 0.833 bits per heavy atom. The van der Waals surface area contributed by atoms with Gasteiger partial charge in [0.25, 0.3) is 0 Å². The van der Waals surface area contributed by atoms with E-state index in [-0.39, 0.29) is 18.1 Å². The topological polar surface area (TPSA) is 200 Å². The molecule has 0 spiro atoms. The van der Waals surface area contributed by atoms with Crippen LogP contribution in [0.4, 0.5) is 0 Å². The molecule has 0 unspecified atom stereocenters. The van der Waals surface area contributed by atoms with Crippen LogP contribution in [0, 0.1) is 5.92 Å². The number of carboxylic acids is 1. The van der Waals surface area contributed by atoms with Gasteiger partial charge in [0.1, 0.15) is 24.2 Å². The van der Waals surface area contributed by atoms with Gasteiger partial charge in [-0.1, -0.05) is 13.8 Å². The summed E-state index contributed by atoms with van der Waals surface area (Å²) in [6.07, 6.45) is 0. The number of amides is 4. The van der Waals surface area contributed by atoms with Crippen molar-refractivity contribution < 1.29 is 34.2 Å². The minimum Gasteiger partial charge on any atom is -0.480 e.